The average Bonchev–Trinajstić information content (AvgIpc) is 1.67. The van der Waals surface area contributed by atoms with Crippen molar-refractivity contribution in [3.8, 4) is 0 Å². The Labute approximate surface area is 65.8 Å². The predicted octanol–water partition coefficient (Wildman–Crippen LogP) is 1.72. The number of ether oxygens (including phenoxy) is 2. The lowest BCUT2D eigenvalue weighted by Crippen LogP contribution is -2.20. The van der Waals surface area contributed by atoms with Crippen molar-refractivity contribution in [2.24, 2.45) is 0 Å². The molecule has 0 aromatic heterocycles. The minimum absolute atomic E-state index is 0.476. The fourth-order valence-electron chi connectivity index (χ4n) is 0.227. The second-order valence-corrected chi connectivity index (χ2v) is 4.90. The van der Waals surface area contributed by atoms with Crippen LogP contribution >= 0.6 is 31.9 Å². The largest absolute Gasteiger partial charge is 0.380 e. The van der Waals surface area contributed by atoms with Gasteiger partial charge in [0.05, 0.1) is 6.61 Å². The van der Waals surface area contributed by atoms with Crippen LogP contribution in [0.3, 0.4) is 0 Å². The van der Waals surface area contributed by atoms with Gasteiger partial charge in [0.25, 0.3) is 0 Å². The average molecular weight is 248 g/mol. The fourth-order valence-corrected chi connectivity index (χ4v) is 0.685. The van der Waals surface area contributed by atoms with Gasteiger partial charge < -0.3 is 9.47 Å². The summed E-state index contributed by atoms with van der Waals surface area (Å²) in [5, 5.41) is 0. The first-order valence-electron chi connectivity index (χ1n) is 2.04. The Morgan fingerprint density at radius 2 is 1.88 bits per heavy atom. The summed E-state index contributed by atoms with van der Waals surface area (Å²) in [6.07, 6.45) is 0. The van der Waals surface area contributed by atoms with Crippen LogP contribution in [0.1, 0.15) is 0 Å². The molecule has 0 rings (SSSR count). The summed E-state index contributed by atoms with van der Waals surface area (Å²) >= 11 is 6.42. The van der Waals surface area contributed by atoms with Gasteiger partial charge in [-0.15, -0.1) is 0 Å². The first kappa shape index (κ1) is 8.88. The molecule has 2 nitrogen and oxygen atoms in total. The smallest absolute Gasteiger partial charge is 0.200 e. The third kappa shape index (κ3) is 3.83. The van der Waals surface area contributed by atoms with Gasteiger partial charge in [0.15, 0.2) is 0 Å². The normalized spacial score (nSPS) is 12.0. The van der Waals surface area contributed by atoms with Crippen molar-refractivity contribution < 1.29 is 9.47 Å². The molecule has 0 aliphatic heterocycles. The maximum Gasteiger partial charge on any atom is 0.200 e. The molecule has 0 saturated carbocycles. The molecule has 0 atom stereocenters. The molecule has 50 valence electrons. The summed E-state index contributed by atoms with van der Waals surface area (Å²) in [5.41, 5.74) is 0. The van der Waals surface area contributed by atoms with E-state index in [1.165, 1.54) is 0 Å². The monoisotopic (exact) mass is 246 g/mol. The summed E-state index contributed by atoms with van der Waals surface area (Å²) in [5.74, 6) is 0. The van der Waals surface area contributed by atoms with Crippen molar-refractivity contribution in [2.75, 3.05) is 20.8 Å². The van der Waals surface area contributed by atoms with E-state index in [2.05, 4.69) is 31.9 Å². The van der Waals surface area contributed by atoms with E-state index in [-0.39, 0.29) is 0 Å². The van der Waals surface area contributed by atoms with Crippen LogP contribution in [0, 0.1) is 0 Å². The van der Waals surface area contributed by atoms with E-state index in [9.17, 15) is 0 Å². The zero-order valence-electron chi connectivity index (χ0n) is 4.78. The summed E-state index contributed by atoms with van der Waals surface area (Å²) in [6, 6.07) is 0. The molecule has 0 aromatic rings. The van der Waals surface area contributed by atoms with Gasteiger partial charge in [-0.1, -0.05) is 0 Å². The highest BCUT2D eigenvalue weighted by molar-refractivity contribution is 9.25. The number of halogens is 2. The summed E-state index contributed by atoms with van der Waals surface area (Å²) < 4.78 is 9.16. The van der Waals surface area contributed by atoms with E-state index in [4.69, 9.17) is 9.47 Å². The van der Waals surface area contributed by atoms with Crippen LogP contribution < -0.4 is 0 Å². The molecule has 0 fully saturated rings. The van der Waals surface area contributed by atoms with Crippen molar-refractivity contribution in [3.63, 3.8) is 0 Å². The minimum Gasteiger partial charge on any atom is -0.380 e. The lowest BCUT2D eigenvalue weighted by Gasteiger charge is -2.15. The van der Waals surface area contributed by atoms with Crippen LogP contribution in [-0.2, 0) is 9.47 Å². The quantitative estimate of drug-likeness (QED) is 0.708. The Morgan fingerprint density at radius 1 is 1.38 bits per heavy atom. The van der Waals surface area contributed by atoms with Gasteiger partial charge in [-0.2, -0.15) is 0 Å². The van der Waals surface area contributed by atoms with Gasteiger partial charge in [0.1, 0.15) is 0 Å². The minimum atomic E-state index is -0.505. The number of alkyl halides is 2. The van der Waals surface area contributed by atoms with E-state index < -0.39 is 3.42 Å². The zero-order chi connectivity index (χ0) is 6.62. The number of hydrogen-bond donors (Lipinski definition) is 0. The number of hydrogen-bond acceptors (Lipinski definition) is 2. The Bertz CT molecular complexity index is 65.1. The fraction of sp³-hybridized carbons (Fsp3) is 1.00. The molecular formula is C4H8Br2O2. The highest BCUT2D eigenvalue weighted by Gasteiger charge is 2.20. The molecule has 0 bridgehead atoms. The van der Waals surface area contributed by atoms with Crippen LogP contribution in [0.15, 0.2) is 0 Å². The van der Waals surface area contributed by atoms with E-state index in [1.54, 1.807) is 14.2 Å². The van der Waals surface area contributed by atoms with Crippen molar-refractivity contribution in [3.05, 3.63) is 0 Å². The maximum absolute atomic E-state index is 4.89. The van der Waals surface area contributed by atoms with Crippen LogP contribution in [0.25, 0.3) is 0 Å². The van der Waals surface area contributed by atoms with Gasteiger partial charge >= 0.3 is 0 Å². The molecule has 0 saturated heterocycles. The topological polar surface area (TPSA) is 18.5 Å². The summed E-state index contributed by atoms with van der Waals surface area (Å²) in [4.78, 5) is 0. The van der Waals surface area contributed by atoms with E-state index in [0.717, 1.165) is 0 Å². The van der Waals surface area contributed by atoms with Crippen molar-refractivity contribution in [1.82, 2.24) is 0 Å². The Hall–Kier alpha value is 0.880. The third-order valence-corrected chi connectivity index (χ3v) is 1.72. The van der Waals surface area contributed by atoms with E-state index in [1.807, 2.05) is 0 Å². The molecule has 0 radical (unpaired) electrons. The first-order chi connectivity index (χ1) is 3.62. The van der Waals surface area contributed by atoms with E-state index >= 15 is 0 Å². The van der Waals surface area contributed by atoms with Gasteiger partial charge in [0, 0.05) is 14.2 Å². The van der Waals surface area contributed by atoms with Gasteiger partial charge in [-0.3, -0.25) is 0 Å². The third-order valence-electron chi connectivity index (χ3n) is 0.611. The molecule has 0 aliphatic rings. The standard InChI is InChI=1S/C4H8Br2O2/c1-7-3-4(5,6)8-2/h3H2,1-2H3. The van der Waals surface area contributed by atoms with Crippen LogP contribution in [-0.4, -0.2) is 24.2 Å². The van der Waals surface area contributed by atoms with Crippen molar-refractivity contribution >= 4 is 31.9 Å². The number of rotatable bonds is 3. The molecule has 0 aliphatic carbocycles. The van der Waals surface area contributed by atoms with Crippen LogP contribution in [0.2, 0.25) is 0 Å². The van der Waals surface area contributed by atoms with E-state index in [0.29, 0.717) is 6.61 Å². The van der Waals surface area contributed by atoms with Gasteiger partial charge in [0.2, 0.25) is 3.42 Å². The lowest BCUT2D eigenvalue weighted by atomic mass is 10.8. The Balaban J connectivity index is 3.37. The lowest BCUT2D eigenvalue weighted by molar-refractivity contribution is 0.0692. The second-order valence-electron chi connectivity index (χ2n) is 1.27. The number of methoxy groups -OCH3 is 2. The SMILES string of the molecule is COCC(Br)(Br)OC. The first-order valence-corrected chi connectivity index (χ1v) is 3.63. The van der Waals surface area contributed by atoms with Crippen molar-refractivity contribution in [1.29, 1.82) is 0 Å². The van der Waals surface area contributed by atoms with Crippen molar-refractivity contribution in [2.45, 2.75) is 3.42 Å². The molecule has 0 spiro atoms. The highest BCUT2D eigenvalue weighted by Crippen LogP contribution is 2.26. The summed E-state index contributed by atoms with van der Waals surface area (Å²) in [7, 11) is 3.19. The highest BCUT2D eigenvalue weighted by atomic mass is 79.9. The summed E-state index contributed by atoms with van der Waals surface area (Å²) in [6.45, 7) is 0.476. The molecule has 0 unspecified atom stereocenters. The van der Waals surface area contributed by atoms with Gasteiger partial charge in [-0.25, -0.2) is 0 Å². The van der Waals surface area contributed by atoms with Crippen LogP contribution in [0.4, 0.5) is 0 Å². The van der Waals surface area contributed by atoms with Crippen LogP contribution in [0.5, 0.6) is 0 Å². The molecule has 0 N–H and O–H groups in total. The molecule has 0 heterocycles. The molecule has 0 aromatic carbocycles. The Morgan fingerprint density at radius 3 is 2.00 bits per heavy atom. The molecule has 8 heavy (non-hydrogen) atoms. The zero-order valence-corrected chi connectivity index (χ0v) is 7.95. The molecular weight excluding hydrogens is 240 g/mol. The molecule has 0 amide bonds. The Kier molecular flexibility index (Phi) is 4.24. The van der Waals surface area contributed by atoms with Gasteiger partial charge in [-0.05, 0) is 31.9 Å². The molecule has 4 heteroatoms. The maximum atomic E-state index is 4.89. The predicted molar refractivity (Wildman–Crippen MR) is 39.5 cm³/mol. The second kappa shape index (κ2) is 3.82.